The number of hydrogen-bond donors (Lipinski definition) is 0. The van der Waals surface area contributed by atoms with E-state index in [0.29, 0.717) is 11.7 Å². The molecule has 2 heterocycles. The summed E-state index contributed by atoms with van der Waals surface area (Å²) >= 11 is 3.39. The lowest BCUT2D eigenvalue weighted by Crippen LogP contribution is -2.38. The number of pyridine rings is 1. The van der Waals surface area contributed by atoms with Crippen molar-refractivity contribution < 1.29 is 4.79 Å². The van der Waals surface area contributed by atoms with Crippen molar-refractivity contribution in [2.45, 2.75) is 25.3 Å². The quantitative estimate of drug-likeness (QED) is 0.792. The van der Waals surface area contributed by atoms with Crippen LogP contribution in [0.3, 0.4) is 0 Å². The number of carbonyl (C=O) groups excluding carboxylic acids is 1. The summed E-state index contributed by atoms with van der Waals surface area (Å²) in [5.74, 6) is 0.816. The highest BCUT2D eigenvalue weighted by Gasteiger charge is 2.41. The van der Waals surface area contributed by atoms with Gasteiger partial charge in [-0.25, -0.2) is 4.98 Å². The minimum absolute atomic E-state index is 0.0830. The first-order valence-corrected chi connectivity index (χ1v) is 6.46. The topological polar surface area (TPSA) is 33.2 Å². The van der Waals surface area contributed by atoms with Crippen molar-refractivity contribution in [1.29, 1.82) is 0 Å². The fourth-order valence-corrected chi connectivity index (χ4v) is 3.28. The van der Waals surface area contributed by atoms with Gasteiger partial charge in [0.25, 0.3) is 5.91 Å². The summed E-state index contributed by atoms with van der Waals surface area (Å²) in [6.07, 6.45) is 5.32. The molecule has 3 rings (SSSR count). The van der Waals surface area contributed by atoms with Gasteiger partial charge in [0.05, 0.1) is 0 Å². The SMILES string of the molecule is O=C(c1ncccc1Br)N1CC2CCC1C2. The van der Waals surface area contributed by atoms with Crippen molar-refractivity contribution in [3.05, 3.63) is 28.5 Å². The molecule has 0 spiro atoms. The maximum Gasteiger partial charge on any atom is 0.273 e. The van der Waals surface area contributed by atoms with E-state index in [-0.39, 0.29) is 5.91 Å². The molecule has 1 aliphatic carbocycles. The molecule has 1 aliphatic heterocycles. The van der Waals surface area contributed by atoms with Crippen LogP contribution in [0.1, 0.15) is 29.8 Å². The van der Waals surface area contributed by atoms with E-state index in [1.54, 1.807) is 6.20 Å². The second kappa shape index (κ2) is 3.84. The molecule has 0 radical (unpaired) electrons. The van der Waals surface area contributed by atoms with Gasteiger partial charge in [-0.05, 0) is 53.2 Å². The van der Waals surface area contributed by atoms with Gasteiger partial charge in [-0.2, -0.15) is 0 Å². The fraction of sp³-hybridized carbons (Fsp3) is 0.500. The van der Waals surface area contributed by atoms with E-state index in [1.165, 1.54) is 19.3 Å². The van der Waals surface area contributed by atoms with Crippen LogP contribution in [0.15, 0.2) is 22.8 Å². The van der Waals surface area contributed by atoms with Crippen LogP contribution >= 0.6 is 15.9 Å². The first-order chi connectivity index (χ1) is 7.75. The summed E-state index contributed by atoms with van der Waals surface area (Å²) in [5, 5.41) is 0. The largest absolute Gasteiger partial charge is 0.334 e. The third-order valence-electron chi connectivity index (χ3n) is 3.63. The molecule has 1 saturated heterocycles. The lowest BCUT2D eigenvalue weighted by molar-refractivity contribution is 0.0696. The summed E-state index contributed by atoms with van der Waals surface area (Å²) in [5.41, 5.74) is 0.551. The van der Waals surface area contributed by atoms with Crippen LogP contribution in [0.2, 0.25) is 0 Å². The second-order valence-electron chi connectivity index (χ2n) is 4.62. The number of nitrogens with zero attached hydrogens (tertiary/aromatic N) is 2. The highest BCUT2D eigenvalue weighted by Crippen LogP contribution is 2.38. The molecule has 4 heteroatoms. The van der Waals surface area contributed by atoms with Gasteiger partial charge in [0.15, 0.2) is 0 Å². The van der Waals surface area contributed by atoms with Crippen LogP contribution < -0.4 is 0 Å². The van der Waals surface area contributed by atoms with E-state index >= 15 is 0 Å². The second-order valence-corrected chi connectivity index (χ2v) is 5.48. The summed E-state index contributed by atoms with van der Waals surface area (Å²) in [7, 11) is 0. The van der Waals surface area contributed by atoms with Gasteiger partial charge >= 0.3 is 0 Å². The number of aromatic nitrogens is 1. The molecular formula is C12H13BrN2O. The summed E-state index contributed by atoms with van der Waals surface area (Å²) < 4.78 is 0.794. The number of carbonyl (C=O) groups is 1. The van der Waals surface area contributed by atoms with E-state index < -0.39 is 0 Å². The van der Waals surface area contributed by atoms with Gasteiger partial charge in [-0.15, -0.1) is 0 Å². The van der Waals surface area contributed by atoms with E-state index in [0.717, 1.165) is 16.9 Å². The van der Waals surface area contributed by atoms with Crippen molar-refractivity contribution >= 4 is 21.8 Å². The molecule has 1 saturated carbocycles. The van der Waals surface area contributed by atoms with Crippen LogP contribution in [-0.4, -0.2) is 28.4 Å². The standard InChI is InChI=1S/C12H13BrN2O/c13-10-2-1-5-14-11(10)12(16)15-7-8-3-4-9(15)6-8/h1-2,5,8-9H,3-4,6-7H2. The number of hydrogen-bond acceptors (Lipinski definition) is 2. The highest BCUT2D eigenvalue weighted by molar-refractivity contribution is 9.10. The van der Waals surface area contributed by atoms with E-state index in [4.69, 9.17) is 0 Å². The van der Waals surface area contributed by atoms with Crippen molar-refractivity contribution in [3.8, 4) is 0 Å². The lowest BCUT2D eigenvalue weighted by atomic mass is 10.1. The highest BCUT2D eigenvalue weighted by atomic mass is 79.9. The number of halogens is 1. The van der Waals surface area contributed by atoms with Gasteiger partial charge in [0.2, 0.25) is 0 Å². The normalized spacial score (nSPS) is 27.4. The maximum atomic E-state index is 12.3. The molecule has 16 heavy (non-hydrogen) atoms. The monoisotopic (exact) mass is 280 g/mol. The molecule has 2 atom stereocenters. The Bertz CT molecular complexity index is 435. The zero-order chi connectivity index (χ0) is 11.1. The molecule has 2 aliphatic rings. The van der Waals surface area contributed by atoms with Crippen molar-refractivity contribution in [2.75, 3.05) is 6.54 Å². The Morgan fingerprint density at radius 1 is 1.50 bits per heavy atom. The maximum absolute atomic E-state index is 12.3. The Balaban J connectivity index is 1.86. The molecular weight excluding hydrogens is 268 g/mol. The number of rotatable bonds is 1. The Morgan fingerprint density at radius 3 is 3.00 bits per heavy atom. The van der Waals surface area contributed by atoms with Gasteiger partial charge in [0.1, 0.15) is 5.69 Å². The number of amides is 1. The molecule has 0 aromatic carbocycles. The molecule has 84 valence electrons. The minimum atomic E-state index is 0.0830. The first-order valence-electron chi connectivity index (χ1n) is 5.67. The van der Waals surface area contributed by atoms with Crippen LogP contribution in [0.4, 0.5) is 0 Å². The van der Waals surface area contributed by atoms with E-state index in [1.807, 2.05) is 17.0 Å². The van der Waals surface area contributed by atoms with Crippen molar-refractivity contribution in [2.24, 2.45) is 5.92 Å². The van der Waals surface area contributed by atoms with Crippen LogP contribution in [0.25, 0.3) is 0 Å². The Kier molecular flexibility index (Phi) is 2.46. The van der Waals surface area contributed by atoms with Crippen molar-refractivity contribution in [3.63, 3.8) is 0 Å². The zero-order valence-corrected chi connectivity index (χ0v) is 10.5. The summed E-state index contributed by atoms with van der Waals surface area (Å²) in [4.78, 5) is 18.5. The summed E-state index contributed by atoms with van der Waals surface area (Å²) in [6.45, 7) is 0.923. The minimum Gasteiger partial charge on any atom is -0.334 e. The molecule has 2 bridgehead atoms. The molecule has 2 fully saturated rings. The predicted molar refractivity (Wildman–Crippen MR) is 64.1 cm³/mol. The third kappa shape index (κ3) is 1.56. The van der Waals surface area contributed by atoms with Crippen LogP contribution in [-0.2, 0) is 0 Å². The number of piperidine rings is 1. The van der Waals surface area contributed by atoms with Gasteiger partial charge in [-0.3, -0.25) is 4.79 Å². The first kappa shape index (κ1) is 10.3. The lowest BCUT2D eigenvalue weighted by Gasteiger charge is -2.26. The zero-order valence-electron chi connectivity index (χ0n) is 8.90. The predicted octanol–water partition coefficient (Wildman–Crippen LogP) is 2.47. The Hall–Kier alpha value is -0.900. The Morgan fingerprint density at radius 2 is 2.38 bits per heavy atom. The smallest absolute Gasteiger partial charge is 0.273 e. The molecule has 1 aromatic heterocycles. The number of likely N-dealkylation sites (tertiary alicyclic amines) is 1. The average Bonchev–Trinajstić information content (AvgIpc) is 2.90. The molecule has 1 aromatic rings. The molecule has 3 nitrogen and oxygen atoms in total. The van der Waals surface area contributed by atoms with Gasteiger partial charge < -0.3 is 4.90 Å². The third-order valence-corrected chi connectivity index (χ3v) is 4.27. The average molecular weight is 281 g/mol. The van der Waals surface area contributed by atoms with Crippen LogP contribution in [0.5, 0.6) is 0 Å². The van der Waals surface area contributed by atoms with E-state index in [9.17, 15) is 4.79 Å². The van der Waals surface area contributed by atoms with E-state index in [2.05, 4.69) is 20.9 Å². The fourth-order valence-electron chi connectivity index (χ4n) is 2.85. The Labute approximate surface area is 103 Å². The van der Waals surface area contributed by atoms with Crippen LogP contribution in [0, 0.1) is 5.92 Å². The molecule has 2 unspecified atom stereocenters. The van der Waals surface area contributed by atoms with Gasteiger partial charge in [-0.1, -0.05) is 0 Å². The van der Waals surface area contributed by atoms with Crippen molar-refractivity contribution in [1.82, 2.24) is 9.88 Å². The molecule has 0 N–H and O–H groups in total. The number of fused-ring (bicyclic) bond motifs is 2. The molecule has 1 amide bonds. The summed E-state index contributed by atoms with van der Waals surface area (Å²) in [6, 6.07) is 4.16. The van der Waals surface area contributed by atoms with Gasteiger partial charge in [0, 0.05) is 23.3 Å².